The number of hydrogen-bond donors (Lipinski definition) is 2. The summed E-state index contributed by atoms with van der Waals surface area (Å²) in [7, 11) is 0. The number of likely N-dealkylation sites (tertiary alicyclic amines) is 1. The fourth-order valence-electron chi connectivity index (χ4n) is 4.79. The number of rotatable bonds is 6. The molecule has 2 N–H and O–H groups in total. The summed E-state index contributed by atoms with van der Waals surface area (Å²) in [6.07, 6.45) is 2.57. The van der Waals surface area contributed by atoms with E-state index in [-0.39, 0.29) is 23.9 Å². The van der Waals surface area contributed by atoms with Gasteiger partial charge in [-0.25, -0.2) is 4.79 Å². The molecule has 8 nitrogen and oxygen atoms in total. The lowest BCUT2D eigenvalue weighted by Crippen LogP contribution is -2.38. The number of carbonyl (C=O) groups is 2. The van der Waals surface area contributed by atoms with Gasteiger partial charge in [0.2, 0.25) is 11.7 Å². The Hall–Kier alpha value is -3.81. The average Bonchev–Trinajstić information content (AvgIpc) is 2.84. The molecule has 1 aromatic heterocycles. The lowest BCUT2D eigenvalue weighted by molar-refractivity contribution is -0.154. The van der Waals surface area contributed by atoms with Crippen molar-refractivity contribution in [2.24, 2.45) is 0 Å². The number of benzene rings is 2. The molecule has 1 aliphatic rings. The third-order valence-electron chi connectivity index (χ3n) is 6.60. The topological polar surface area (TPSA) is 117 Å². The van der Waals surface area contributed by atoms with Crippen molar-refractivity contribution in [3.8, 4) is 11.5 Å². The van der Waals surface area contributed by atoms with Gasteiger partial charge >= 0.3 is 11.6 Å². The van der Waals surface area contributed by atoms with Crippen LogP contribution in [0.2, 0.25) is 0 Å². The first-order valence-corrected chi connectivity index (χ1v) is 12.6. The number of carbonyl (C=O) groups excluding carboxylic acids is 2. The summed E-state index contributed by atoms with van der Waals surface area (Å²) in [6.45, 7) is 6.77. The van der Waals surface area contributed by atoms with Crippen molar-refractivity contribution in [2.45, 2.75) is 64.4 Å². The van der Waals surface area contributed by atoms with E-state index in [1.54, 1.807) is 4.90 Å². The number of amides is 1. The van der Waals surface area contributed by atoms with Crippen LogP contribution >= 0.6 is 0 Å². The predicted molar refractivity (Wildman–Crippen MR) is 139 cm³/mol. The molecular formula is C29H33NO7. The van der Waals surface area contributed by atoms with Crippen LogP contribution in [0.4, 0.5) is 0 Å². The molecule has 1 fully saturated rings. The molecule has 0 radical (unpaired) electrons. The monoisotopic (exact) mass is 507 g/mol. The molecule has 0 spiro atoms. The van der Waals surface area contributed by atoms with Crippen LogP contribution in [0.5, 0.6) is 11.5 Å². The SMILES string of the molecule is CC(C)(C)OC(=O)CCc1cccc(C2CCN(C(=O)Cc3cc(=O)oc4c(O)c(O)ccc34)CC2)c1. The standard InChI is InChI=1S/C29H33NO7/c1-29(2,3)37-25(33)10-7-18-5-4-6-20(15-18)19-11-13-30(14-12-19)24(32)16-21-17-26(34)36-28-22(21)8-9-23(31)27(28)35/h4-6,8-9,15,17,19,31,35H,7,10-14,16H2,1-3H3. The van der Waals surface area contributed by atoms with E-state index in [2.05, 4.69) is 12.1 Å². The van der Waals surface area contributed by atoms with Gasteiger partial charge in [0.05, 0.1) is 6.42 Å². The van der Waals surface area contributed by atoms with E-state index in [4.69, 9.17) is 9.15 Å². The zero-order valence-corrected chi connectivity index (χ0v) is 21.5. The number of nitrogens with zero attached hydrogens (tertiary/aromatic N) is 1. The van der Waals surface area contributed by atoms with Gasteiger partial charge in [0.15, 0.2) is 11.3 Å². The van der Waals surface area contributed by atoms with Crippen molar-refractivity contribution in [3.63, 3.8) is 0 Å². The van der Waals surface area contributed by atoms with Crippen molar-refractivity contribution in [3.05, 3.63) is 69.6 Å². The van der Waals surface area contributed by atoms with Crippen LogP contribution < -0.4 is 5.63 Å². The summed E-state index contributed by atoms with van der Waals surface area (Å²) in [6, 6.07) is 12.4. The minimum Gasteiger partial charge on any atom is -0.504 e. The quantitative estimate of drug-likeness (QED) is 0.288. The first kappa shape index (κ1) is 26.3. The summed E-state index contributed by atoms with van der Waals surface area (Å²) in [5, 5.41) is 20.2. The van der Waals surface area contributed by atoms with Crippen molar-refractivity contribution in [1.29, 1.82) is 0 Å². The molecule has 8 heteroatoms. The number of aryl methyl sites for hydroxylation is 1. The number of phenolic OH excluding ortho intramolecular Hbond substituents is 2. The van der Waals surface area contributed by atoms with E-state index >= 15 is 0 Å². The van der Waals surface area contributed by atoms with E-state index in [0.29, 0.717) is 42.8 Å². The largest absolute Gasteiger partial charge is 0.504 e. The molecule has 196 valence electrons. The van der Waals surface area contributed by atoms with Gasteiger partial charge < -0.3 is 24.3 Å². The van der Waals surface area contributed by atoms with Gasteiger partial charge in [0, 0.05) is 31.0 Å². The third-order valence-corrected chi connectivity index (χ3v) is 6.60. The molecule has 0 bridgehead atoms. The molecule has 2 heterocycles. The maximum atomic E-state index is 13.1. The van der Waals surface area contributed by atoms with Crippen molar-refractivity contribution >= 4 is 22.8 Å². The smallest absolute Gasteiger partial charge is 0.336 e. The van der Waals surface area contributed by atoms with Gasteiger partial charge in [-0.2, -0.15) is 0 Å². The molecule has 1 amide bonds. The summed E-state index contributed by atoms with van der Waals surface area (Å²) in [5.74, 6) is -0.909. The number of piperidine rings is 1. The fraction of sp³-hybridized carbons (Fsp3) is 0.414. The number of aromatic hydroxyl groups is 2. The zero-order valence-electron chi connectivity index (χ0n) is 21.5. The number of ether oxygens (including phenoxy) is 1. The molecule has 1 aliphatic heterocycles. The fourth-order valence-corrected chi connectivity index (χ4v) is 4.79. The summed E-state index contributed by atoms with van der Waals surface area (Å²) < 4.78 is 10.5. The highest BCUT2D eigenvalue weighted by Gasteiger charge is 2.25. The van der Waals surface area contributed by atoms with Crippen molar-refractivity contribution in [1.82, 2.24) is 4.90 Å². The molecule has 3 aromatic rings. The Balaban J connectivity index is 1.36. The number of hydrogen-bond acceptors (Lipinski definition) is 7. The molecule has 37 heavy (non-hydrogen) atoms. The van der Waals surface area contributed by atoms with Crippen molar-refractivity contribution in [2.75, 3.05) is 13.1 Å². The van der Waals surface area contributed by atoms with Gasteiger partial charge in [0.1, 0.15) is 5.60 Å². The highest BCUT2D eigenvalue weighted by atomic mass is 16.6. The molecule has 0 aliphatic carbocycles. The zero-order chi connectivity index (χ0) is 26.7. The van der Waals surface area contributed by atoms with Crippen LogP contribution in [0.3, 0.4) is 0 Å². The second kappa shape index (κ2) is 10.7. The molecule has 0 atom stereocenters. The van der Waals surface area contributed by atoms with E-state index < -0.39 is 22.7 Å². The van der Waals surface area contributed by atoms with Gasteiger partial charge in [-0.05, 0) is 74.8 Å². The molecule has 4 rings (SSSR count). The van der Waals surface area contributed by atoms with E-state index in [9.17, 15) is 24.6 Å². The normalized spacial score (nSPS) is 14.6. The molecule has 0 unspecified atom stereocenters. The van der Waals surface area contributed by atoms with Crippen LogP contribution in [-0.2, 0) is 27.2 Å². The Morgan fingerprint density at radius 3 is 2.51 bits per heavy atom. The Kier molecular flexibility index (Phi) is 7.57. The molecule has 0 saturated carbocycles. The second-order valence-corrected chi connectivity index (χ2v) is 10.6. The van der Waals surface area contributed by atoms with Crippen LogP contribution in [0, 0.1) is 0 Å². The minimum absolute atomic E-state index is 0.00284. The predicted octanol–water partition coefficient (Wildman–Crippen LogP) is 4.43. The van der Waals surface area contributed by atoms with Crippen LogP contribution in [0.1, 0.15) is 62.6 Å². The second-order valence-electron chi connectivity index (χ2n) is 10.6. The first-order chi connectivity index (χ1) is 17.5. The van der Waals surface area contributed by atoms with Crippen LogP contribution in [-0.4, -0.2) is 45.7 Å². The number of fused-ring (bicyclic) bond motifs is 1. The van der Waals surface area contributed by atoms with E-state index in [0.717, 1.165) is 18.4 Å². The maximum absolute atomic E-state index is 13.1. The summed E-state index contributed by atoms with van der Waals surface area (Å²) in [4.78, 5) is 38.9. The van der Waals surface area contributed by atoms with Gasteiger partial charge in [0.25, 0.3) is 0 Å². The average molecular weight is 508 g/mol. The van der Waals surface area contributed by atoms with Crippen LogP contribution in [0.25, 0.3) is 11.0 Å². The number of phenols is 2. The van der Waals surface area contributed by atoms with Gasteiger partial charge in [-0.3, -0.25) is 9.59 Å². The Morgan fingerprint density at radius 1 is 1.08 bits per heavy atom. The van der Waals surface area contributed by atoms with E-state index in [1.807, 2.05) is 32.9 Å². The highest BCUT2D eigenvalue weighted by Crippen LogP contribution is 2.34. The van der Waals surface area contributed by atoms with Gasteiger partial charge in [-0.15, -0.1) is 0 Å². The van der Waals surface area contributed by atoms with Crippen molar-refractivity contribution < 1.29 is 29.0 Å². The Morgan fingerprint density at radius 2 is 1.81 bits per heavy atom. The highest BCUT2D eigenvalue weighted by molar-refractivity contribution is 5.91. The third kappa shape index (κ3) is 6.50. The Bertz CT molecular complexity index is 1360. The molecule has 2 aromatic carbocycles. The number of esters is 1. The summed E-state index contributed by atoms with van der Waals surface area (Å²) in [5.41, 5.74) is 1.44. The van der Waals surface area contributed by atoms with Crippen LogP contribution in [0.15, 0.2) is 51.7 Å². The Labute approximate surface area is 215 Å². The lowest BCUT2D eigenvalue weighted by atomic mass is 9.88. The van der Waals surface area contributed by atoms with Gasteiger partial charge in [-0.1, -0.05) is 24.3 Å². The first-order valence-electron chi connectivity index (χ1n) is 12.6. The van der Waals surface area contributed by atoms with E-state index in [1.165, 1.54) is 23.8 Å². The maximum Gasteiger partial charge on any atom is 0.336 e. The minimum atomic E-state index is -0.693. The lowest BCUT2D eigenvalue weighted by Gasteiger charge is -2.32. The molecule has 1 saturated heterocycles. The molecular weight excluding hydrogens is 474 g/mol. The summed E-state index contributed by atoms with van der Waals surface area (Å²) >= 11 is 0.